The summed E-state index contributed by atoms with van der Waals surface area (Å²) in [5.74, 6) is 0.0611. The zero-order valence-electron chi connectivity index (χ0n) is 9.78. The summed E-state index contributed by atoms with van der Waals surface area (Å²) in [6.07, 6.45) is 4.68. The van der Waals surface area contributed by atoms with Crippen LogP contribution in [0, 0.1) is 0 Å². The molecule has 4 N–H and O–H groups in total. The van der Waals surface area contributed by atoms with E-state index in [1.807, 2.05) is 0 Å². The van der Waals surface area contributed by atoms with Crippen LogP contribution in [-0.2, 0) is 4.79 Å². The number of phenolic OH excluding ortho intramolecular Hbond substituents is 1. The minimum atomic E-state index is -0.726. The Balaban J connectivity index is 2.03. The molecule has 1 aromatic rings. The summed E-state index contributed by atoms with van der Waals surface area (Å²) in [6, 6.07) is 6.41. The number of carbonyl (C=O) groups excluding carboxylic acids is 1. The summed E-state index contributed by atoms with van der Waals surface area (Å²) < 4.78 is 0. The highest BCUT2D eigenvalue weighted by molar-refractivity contribution is 5.98. The van der Waals surface area contributed by atoms with Crippen LogP contribution < -0.4 is 11.1 Å². The van der Waals surface area contributed by atoms with Crippen molar-refractivity contribution >= 4 is 11.6 Å². The van der Waals surface area contributed by atoms with Gasteiger partial charge in [-0.15, -0.1) is 0 Å². The topological polar surface area (TPSA) is 75.4 Å². The van der Waals surface area contributed by atoms with E-state index >= 15 is 0 Å². The van der Waals surface area contributed by atoms with E-state index in [2.05, 4.69) is 5.32 Å². The number of phenols is 1. The molecule has 1 aliphatic carbocycles. The molecule has 17 heavy (non-hydrogen) atoms. The highest BCUT2D eigenvalue weighted by Gasteiger charge is 2.35. The standard InChI is InChI=1S/C13H18N2O2/c14-13(8-2-1-3-9-13)12(17)15-10-4-6-11(16)7-5-10/h4-7,16H,1-3,8-9,14H2,(H,15,17). The average Bonchev–Trinajstić information content (AvgIpc) is 2.33. The van der Waals surface area contributed by atoms with E-state index in [9.17, 15) is 4.79 Å². The van der Waals surface area contributed by atoms with Gasteiger partial charge in [0.05, 0.1) is 5.54 Å². The minimum absolute atomic E-state index is 0.122. The van der Waals surface area contributed by atoms with E-state index < -0.39 is 5.54 Å². The number of amides is 1. The largest absolute Gasteiger partial charge is 0.508 e. The lowest BCUT2D eigenvalue weighted by atomic mass is 9.82. The average molecular weight is 234 g/mol. The molecular formula is C13H18N2O2. The third kappa shape index (κ3) is 2.77. The van der Waals surface area contributed by atoms with Crippen LogP contribution in [0.5, 0.6) is 5.75 Å². The number of hydrogen-bond acceptors (Lipinski definition) is 3. The van der Waals surface area contributed by atoms with Crippen molar-refractivity contribution in [2.75, 3.05) is 5.32 Å². The number of hydrogen-bond donors (Lipinski definition) is 3. The van der Waals surface area contributed by atoms with Crippen LogP contribution in [-0.4, -0.2) is 16.6 Å². The maximum Gasteiger partial charge on any atom is 0.244 e. The van der Waals surface area contributed by atoms with E-state index in [0.717, 1.165) is 32.1 Å². The molecule has 2 rings (SSSR count). The van der Waals surface area contributed by atoms with E-state index in [0.29, 0.717) is 5.69 Å². The molecule has 1 aliphatic rings. The lowest BCUT2D eigenvalue weighted by Gasteiger charge is -2.31. The fraction of sp³-hybridized carbons (Fsp3) is 0.462. The van der Waals surface area contributed by atoms with Crippen molar-refractivity contribution in [3.63, 3.8) is 0 Å². The fourth-order valence-electron chi connectivity index (χ4n) is 2.21. The first-order chi connectivity index (χ1) is 8.10. The molecule has 4 heteroatoms. The smallest absolute Gasteiger partial charge is 0.244 e. The van der Waals surface area contributed by atoms with E-state index in [4.69, 9.17) is 10.8 Å². The zero-order chi connectivity index (χ0) is 12.3. The lowest BCUT2D eigenvalue weighted by Crippen LogP contribution is -2.52. The molecule has 92 valence electrons. The van der Waals surface area contributed by atoms with Crippen molar-refractivity contribution in [3.8, 4) is 5.75 Å². The summed E-state index contributed by atoms with van der Waals surface area (Å²) in [5.41, 5.74) is 6.06. The molecule has 1 amide bonds. The zero-order valence-corrected chi connectivity index (χ0v) is 9.78. The Morgan fingerprint density at radius 2 is 1.76 bits per heavy atom. The Hall–Kier alpha value is -1.55. The summed E-state index contributed by atoms with van der Waals surface area (Å²) in [6.45, 7) is 0. The summed E-state index contributed by atoms with van der Waals surface area (Å²) in [4.78, 5) is 12.1. The van der Waals surface area contributed by atoms with Gasteiger partial charge in [0.2, 0.25) is 5.91 Å². The summed E-state index contributed by atoms with van der Waals surface area (Å²) in [7, 11) is 0. The Labute approximate surface area is 101 Å². The van der Waals surface area contributed by atoms with E-state index in [-0.39, 0.29) is 11.7 Å². The number of rotatable bonds is 2. The summed E-state index contributed by atoms with van der Waals surface area (Å²) >= 11 is 0. The van der Waals surface area contributed by atoms with Crippen molar-refractivity contribution in [1.82, 2.24) is 0 Å². The van der Waals surface area contributed by atoms with Gasteiger partial charge in [-0.1, -0.05) is 19.3 Å². The van der Waals surface area contributed by atoms with Gasteiger partial charge in [0.1, 0.15) is 5.75 Å². The lowest BCUT2D eigenvalue weighted by molar-refractivity contribution is -0.122. The predicted octanol–water partition coefficient (Wildman–Crippen LogP) is 1.99. The Morgan fingerprint density at radius 3 is 2.35 bits per heavy atom. The SMILES string of the molecule is NC1(C(=O)Nc2ccc(O)cc2)CCCCC1. The molecule has 0 bridgehead atoms. The van der Waals surface area contributed by atoms with Crippen LogP contribution in [0.2, 0.25) is 0 Å². The Bertz CT molecular complexity index is 394. The molecular weight excluding hydrogens is 216 g/mol. The quantitative estimate of drug-likeness (QED) is 0.685. The second-order valence-corrected chi connectivity index (χ2v) is 4.72. The number of nitrogens with two attached hydrogens (primary N) is 1. The van der Waals surface area contributed by atoms with Gasteiger partial charge in [0.15, 0.2) is 0 Å². The Kier molecular flexibility index (Phi) is 3.33. The highest BCUT2D eigenvalue weighted by atomic mass is 16.3. The van der Waals surface area contributed by atoms with Gasteiger partial charge in [-0.05, 0) is 37.1 Å². The van der Waals surface area contributed by atoms with Gasteiger partial charge < -0.3 is 16.2 Å². The van der Waals surface area contributed by atoms with Crippen molar-refractivity contribution in [1.29, 1.82) is 0 Å². The molecule has 0 radical (unpaired) electrons. The number of benzene rings is 1. The molecule has 0 aliphatic heterocycles. The van der Waals surface area contributed by atoms with Gasteiger partial charge in [-0.2, -0.15) is 0 Å². The molecule has 1 saturated carbocycles. The molecule has 0 unspecified atom stereocenters. The summed E-state index contributed by atoms with van der Waals surface area (Å²) in [5, 5.41) is 12.0. The first kappa shape index (κ1) is 11.9. The second-order valence-electron chi connectivity index (χ2n) is 4.72. The maximum atomic E-state index is 12.1. The van der Waals surface area contributed by atoms with Gasteiger partial charge in [0.25, 0.3) is 0 Å². The fourth-order valence-corrected chi connectivity index (χ4v) is 2.21. The highest BCUT2D eigenvalue weighted by Crippen LogP contribution is 2.27. The number of nitrogens with one attached hydrogen (secondary N) is 1. The van der Waals surface area contributed by atoms with Gasteiger partial charge in [0, 0.05) is 5.69 Å². The molecule has 4 nitrogen and oxygen atoms in total. The van der Waals surface area contributed by atoms with Crippen molar-refractivity contribution < 1.29 is 9.90 Å². The Morgan fingerprint density at radius 1 is 1.18 bits per heavy atom. The second kappa shape index (κ2) is 4.75. The first-order valence-electron chi connectivity index (χ1n) is 5.99. The molecule has 0 aromatic heterocycles. The van der Waals surface area contributed by atoms with Crippen LogP contribution in [0.25, 0.3) is 0 Å². The third-order valence-electron chi connectivity index (χ3n) is 3.32. The van der Waals surface area contributed by atoms with Gasteiger partial charge in [-0.3, -0.25) is 4.79 Å². The first-order valence-corrected chi connectivity index (χ1v) is 5.99. The number of aromatic hydroxyl groups is 1. The number of carbonyl (C=O) groups is 1. The monoisotopic (exact) mass is 234 g/mol. The number of anilines is 1. The van der Waals surface area contributed by atoms with Crippen molar-refractivity contribution in [2.24, 2.45) is 5.73 Å². The molecule has 0 atom stereocenters. The van der Waals surface area contributed by atoms with Crippen LogP contribution >= 0.6 is 0 Å². The van der Waals surface area contributed by atoms with E-state index in [1.165, 1.54) is 0 Å². The van der Waals surface area contributed by atoms with Gasteiger partial charge in [-0.25, -0.2) is 0 Å². The minimum Gasteiger partial charge on any atom is -0.508 e. The van der Waals surface area contributed by atoms with Crippen LogP contribution in [0.3, 0.4) is 0 Å². The maximum absolute atomic E-state index is 12.1. The third-order valence-corrected chi connectivity index (χ3v) is 3.32. The predicted molar refractivity (Wildman–Crippen MR) is 66.7 cm³/mol. The van der Waals surface area contributed by atoms with Gasteiger partial charge >= 0.3 is 0 Å². The normalized spacial score (nSPS) is 18.6. The molecule has 0 heterocycles. The molecule has 1 fully saturated rings. The van der Waals surface area contributed by atoms with E-state index in [1.54, 1.807) is 24.3 Å². The van der Waals surface area contributed by atoms with Crippen LogP contribution in [0.1, 0.15) is 32.1 Å². The van der Waals surface area contributed by atoms with Crippen LogP contribution in [0.15, 0.2) is 24.3 Å². The van der Waals surface area contributed by atoms with Crippen molar-refractivity contribution in [2.45, 2.75) is 37.6 Å². The van der Waals surface area contributed by atoms with Crippen molar-refractivity contribution in [3.05, 3.63) is 24.3 Å². The molecule has 1 aromatic carbocycles. The molecule has 0 spiro atoms. The van der Waals surface area contributed by atoms with Crippen LogP contribution in [0.4, 0.5) is 5.69 Å². The molecule has 0 saturated heterocycles.